The van der Waals surface area contributed by atoms with E-state index in [2.05, 4.69) is 24.1 Å². The van der Waals surface area contributed by atoms with Crippen LogP contribution in [-0.2, 0) is 4.79 Å². The van der Waals surface area contributed by atoms with E-state index in [1.807, 2.05) is 6.92 Å². The summed E-state index contributed by atoms with van der Waals surface area (Å²) >= 11 is 0. The number of carbonyl (C=O) groups is 2. The molecule has 0 aromatic carbocycles. The lowest BCUT2D eigenvalue weighted by Crippen LogP contribution is -2.55. The number of carboxylic acids is 1. The van der Waals surface area contributed by atoms with Gasteiger partial charge in [-0.15, -0.1) is 0 Å². The van der Waals surface area contributed by atoms with Crippen molar-refractivity contribution in [3.8, 4) is 0 Å². The van der Waals surface area contributed by atoms with E-state index in [0.29, 0.717) is 25.4 Å². The van der Waals surface area contributed by atoms with Crippen molar-refractivity contribution < 1.29 is 14.7 Å². The average molecular weight is 299 g/mol. The summed E-state index contributed by atoms with van der Waals surface area (Å²) in [6, 6.07) is -1.02. The van der Waals surface area contributed by atoms with Gasteiger partial charge in [0.05, 0.1) is 0 Å². The Hall–Kier alpha value is -1.30. The Bertz CT molecular complexity index is 339. The third kappa shape index (κ3) is 6.33. The molecule has 2 N–H and O–H groups in total. The maximum atomic E-state index is 12.1. The van der Waals surface area contributed by atoms with E-state index in [4.69, 9.17) is 5.11 Å². The zero-order valence-corrected chi connectivity index (χ0v) is 13.5. The summed E-state index contributed by atoms with van der Waals surface area (Å²) in [5.74, 6) is -0.328. The van der Waals surface area contributed by atoms with Gasteiger partial charge >= 0.3 is 12.0 Å². The summed E-state index contributed by atoms with van der Waals surface area (Å²) in [7, 11) is 0. The van der Waals surface area contributed by atoms with Gasteiger partial charge in [-0.3, -0.25) is 4.90 Å². The number of aliphatic carboxylic acids is 1. The third-order valence-corrected chi connectivity index (χ3v) is 3.73. The highest BCUT2D eigenvalue weighted by atomic mass is 16.4. The Balaban J connectivity index is 2.40. The van der Waals surface area contributed by atoms with Gasteiger partial charge in [-0.1, -0.05) is 33.6 Å². The normalized spacial score (nSPS) is 17.8. The number of hydrogen-bond acceptors (Lipinski definition) is 3. The molecule has 1 rings (SSSR count). The van der Waals surface area contributed by atoms with Gasteiger partial charge in [0.2, 0.25) is 0 Å². The number of unbranched alkanes of at least 4 members (excludes halogenated alkanes) is 1. The van der Waals surface area contributed by atoms with Gasteiger partial charge in [-0.2, -0.15) is 0 Å². The molecule has 1 unspecified atom stereocenters. The van der Waals surface area contributed by atoms with Gasteiger partial charge in [0, 0.05) is 32.7 Å². The quantitative estimate of drug-likeness (QED) is 0.749. The molecule has 6 nitrogen and oxygen atoms in total. The van der Waals surface area contributed by atoms with Crippen LogP contribution in [0.25, 0.3) is 0 Å². The number of piperazine rings is 1. The molecule has 1 heterocycles. The Morgan fingerprint density at radius 1 is 1.19 bits per heavy atom. The number of carbonyl (C=O) groups excluding carboxylic acids is 1. The summed E-state index contributed by atoms with van der Waals surface area (Å²) in [6.07, 6.45) is 2.22. The lowest BCUT2D eigenvalue weighted by molar-refractivity contribution is -0.139. The second-order valence-corrected chi connectivity index (χ2v) is 6.16. The fourth-order valence-electron chi connectivity index (χ4n) is 2.56. The van der Waals surface area contributed by atoms with Crippen molar-refractivity contribution in [1.29, 1.82) is 0 Å². The van der Waals surface area contributed by atoms with E-state index in [-0.39, 0.29) is 6.03 Å². The maximum absolute atomic E-state index is 12.1. The van der Waals surface area contributed by atoms with Crippen molar-refractivity contribution in [3.05, 3.63) is 0 Å². The molecule has 0 aromatic heterocycles. The third-order valence-electron chi connectivity index (χ3n) is 3.73. The predicted octanol–water partition coefficient (Wildman–Crippen LogP) is 1.61. The van der Waals surface area contributed by atoms with Crippen LogP contribution in [0.15, 0.2) is 0 Å². The van der Waals surface area contributed by atoms with Crippen LogP contribution in [0.2, 0.25) is 0 Å². The van der Waals surface area contributed by atoms with Crippen molar-refractivity contribution in [2.45, 2.75) is 46.1 Å². The van der Waals surface area contributed by atoms with Gasteiger partial charge < -0.3 is 15.3 Å². The summed E-state index contributed by atoms with van der Waals surface area (Å²) in [4.78, 5) is 27.4. The number of nitrogens with zero attached hydrogens (tertiary/aromatic N) is 2. The Morgan fingerprint density at radius 2 is 1.81 bits per heavy atom. The molecule has 1 saturated heterocycles. The zero-order valence-electron chi connectivity index (χ0n) is 13.5. The monoisotopic (exact) mass is 299 g/mol. The molecule has 1 fully saturated rings. The fraction of sp³-hybridized carbons (Fsp3) is 0.867. The van der Waals surface area contributed by atoms with Crippen molar-refractivity contribution in [2.24, 2.45) is 5.92 Å². The van der Waals surface area contributed by atoms with Crippen LogP contribution < -0.4 is 5.32 Å². The first-order chi connectivity index (χ1) is 9.93. The molecule has 0 saturated carbocycles. The maximum Gasteiger partial charge on any atom is 0.326 e. The minimum atomic E-state index is -0.949. The fourth-order valence-corrected chi connectivity index (χ4v) is 2.56. The standard InChI is InChI=1S/C15H29N3O3/c1-4-5-6-13(14(19)20)16-15(21)18-9-7-17(8-10-18)11-12(2)3/h12-13H,4-11H2,1-3H3,(H,16,21)(H,19,20). The Morgan fingerprint density at radius 3 is 2.29 bits per heavy atom. The van der Waals surface area contributed by atoms with Gasteiger partial charge in [-0.05, 0) is 12.3 Å². The molecule has 2 amide bonds. The molecular formula is C15H29N3O3. The second kappa shape index (κ2) is 8.87. The van der Waals surface area contributed by atoms with Gasteiger partial charge in [0.1, 0.15) is 6.04 Å². The van der Waals surface area contributed by atoms with E-state index < -0.39 is 12.0 Å². The molecule has 0 spiro atoms. The van der Waals surface area contributed by atoms with E-state index in [9.17, 15) is 9.59 Å². The molecular weight excluding hydrogens is 270 g/mol. The summed E-state index contributed by atoms with van der Waals surface area (Å²) in [6.45, 7) is 10.5. The van der Waals surface area contributed by atoms with Gasteiger partial charge in [0.25, 0.3) is 0 Å². The van der Waals surface area contributed by atoms with Crippen LogP contribution in [0.1, 0.15) is 40.0 Å². The van der Waals surface area contributed by atoms with Gasteiger partial charge in [0.15, 0.2) is 0 Å². The van der Waals surface area contributed by atoms with Crippen molar-refractivity contribution in [1.82, 2.24) is 15.1 Å². The first-order valence-corrected chi connectivity index (χ1v) is 7.94. The first kappa shape index (κ1) is 17.8. The summed E-state index contributed by atoms with van der Waals surface area (Å²) in [5, 5.41) is 11.8. The van der Waals surface area contributed by atoms with Crippen molar-refractivity contribution in [2.75, 3.05) is 32.7 Å². The number of amides is 2. The highest BCUT2D eigenvalue weighted by Gasteiger charge is 2.25. The molecule has 1 atom stereocenters. The second-order valence-electron chi connectivity index (χ2n) is 6.16. The van der Waals surface area contributed by atoms with Crippen LogP contribution >= 0.6 is 0 Å². The highest BCUT2D eigenvalue weighted by molar-refractivity contribution is 5.82. The smallest absolute Gasteiger partial charge is 0.326 e. The van der Waals surface area contributed by atoms with E-state index >= 15 is 0 Å². The first-order valence-electron chi connectivity index (χ1n) is 7.94. The molecule has 122 valence electrons. The van der Waals surface area contributed by atoms with E-state index in [0.717, 1.165) is 32.5 Å². The molecule has 0 bridgehead atoms. The zero-order chi connectivity index (χ0) is 15.8. The van der Waals surface area contributed by atoms with Crippen LogP contribution in [0, 0.1) is 5.92 Å². The van der Waals surface area contributed by atoms with Gasteiger partial charge in [-0.25, -0.2) is 9.59 Å². The summed E-state index contributed by atoms with van der Waals surface area (Å²) in [5.41, 5.74) is 0. The molecule has 1 aliphatic heterocycles. The van der Waals surface area contributed by atoms with E-state index in [1.165, 1.54) is 0 Å². The van der Waals surface area contributed by atoms with Crippen molar-refractivity contribution >= 4 is 12.0 Å². The van der Waals surface area contributed by atoms with Crippen LogP contribution in [-0.4, -0.2) is 65.7 Å². The topological polar surface area (TPSA) is 72.9 Å². The number of carboxylic acid groups (broad SMARTS) is 1. The molecule has 21 heavy (non-hydrogen) atoms. The number of urea groups is 1. The lowest BCUT2D eigenvalue weighted by atomic mass is 10.1. The SMILES string of the molecule is CCCCC(NC(=O)N1CCN(CC(C)C)CC1)C(=O)O. The number of hydrogen-bond donors (Lipinski definition) is 2. The molecule has 0 aromatic rings. The highest BCUT2D eigenvalue weighted by Crippen LogP contribution is 2.07. The van der Waals surface area contributed by atoms with E-state index in [1.54, 1.807) is 4.90 Å². The predicted molar refractivity (Wildman–Crippen MR) is 82.3 cm³/mol. The van der Waals surface area contributed by atoms with Crippen LogP contribution in [0.4, 0.5) is 4.79 Å². The van der Waals surface area contributed by atoms with Crippen LogP contribution in [0.3, 0.4) is 0 Å². The minimum Gasteiger partial charge on any atom is -0.480 e. The molecule has 1 aliphatic rings. The molecule has 0 radical (unpaired) electrons. The Labute approximate surface area is 127 Å². The lowest BCUT2D eigenvalue weighted by Gasteiger charge is -2.36. The molecule has 6 heteroatoms. The Kier molecular flexibility index (Phi) is 7.50. The number of rotatable bonds is 7. The molecule has 0 aliphatic carbocycles. The summed E-state index contributed by atoms with van der Waals surface area (Å²) < 4.78 is 0. The van der Waals surface area contributed by atoms with Crippen molar-refractivity contribution in [3.63, 3.8) is 0 Å². The largest absolute Gasteiger partial charge is 0.480 e. The number of nitrogens with one attached hydrogen (secondary N) is 1. The van der Waals surface area contributed by atoms with Crippen LogP contribution in [0.5, 0.6) is 0 Å². The minimum absolute atomic E-state index is 0.247. The average Bonchev–Trinajstić information content (AvgIpc) is 2.43.